The Morgan fingerprint density at radius 1 is 0.380 bits per heavy atom. The third kappa shape index (κ3) is 30.7. The number of carboxylic acids is 2. The van der Waals surface area contributed by atoms with Gasteiger partial charge in [0, 0.05) is 52.1 Å². The molecule has 2 aliphatic rings. The molecule has 10 atom stereocenters. The smallest absolute Gasteiger partial charge is 0.303 e. The highest BCUT2D eigenvalue weighted by Crippen LogP contribution is 2.22. The van der Waals surface area contributed by atoms with Gasteiger partial charge in [-0.2, -0.15) is 0 Å². The maximum absolute atomic E-state index is 14.0. The van der Waals surface area contributed by atoms with Crippen molar-refractivity contribution < 1.29 is 122 Å². The Morgan fingerprint density at radius 2 is 0.684 bits per heavy atom. The van der Waals surface area contributed by atoms with Crippen LogP contribution in [-0.2, 0) is 81.0 Å². The maximum atomic E-state index is 14.0. The first kappa shape index (κ1) is 69.7. The number of nitrogens with zero attached hydrogens (tertiary/aromatic N) is 2. The van der Waals surface area contributed by atoms with Gasteiger partial charge in [0.1, 0.15) is 49.7 Å². The Bertz CT molecular complexity index is 1760. The summed E-state index contributed by atoms with van der Waals surface area (Å²) in [6.07, 6.45) is -13.9. The van der Waals surface area contributed by atoms with Crippen molar-refractivity contribution in [3.63, 3.8) is 0 Å². The normalized spacial score (nSPS) is 22.8. The molecule has 0 aliphatic carbocycles. The molecule has 2 aliphatic heterocycles. The molecule has 33 nitrogen and oxygen atoms in total. The summed E-state index contributed by atoms with van der Waals surface area (Å²) in [5, 5.41) is 92.7. The second kappa shape index (κ2) is 39.9. The molecular weight excluding hydrogens is 1060 g/mol. The third-order valence-corrected chi connectivity index (χ3v) is 11.3. The van der Waals surface area contributed by atoms with Crippen molar-refractivity contribution in [3.05, 3.63) is 0 Å². The lowest BCUT2D eigenvalue weighted by molar-refractivity contribution is -0.294. The summed E-state index contributed by atoms with van der Waals surface area (Å²) in [4.78, 5) is 113. The predicted molar refractivity (Wildman–Crippen MR) is 265 cm³/mol. The van der Waals surface area contributed by atoms with Gasteiger partial charge >= 0.3 is 11.9 Å². The van der Waals surface area contributed by atoms with Crippen LogP contribution in [0.25, 0.3) is 0 Å². The van der Waals surface area contributed by atoms with Crippen LogP contribution in [0.2, 0.25) is 0 Å². The number of aliphatic carboxylic acids is 2. The number of aliphatic hydroxyl groups is 6. The van der Waals surface area contributed by atoms with Gasteiger partial charge in [-0.25, -0.2) is 0 Å². The number of nitrogens with one attached hydrogen (secondary N) is 6. The minimum Gasteiger partial charge on any atom is -0.481 e. The second-order valence-electron chi connectivity index (χ2n) is 17.8. The van der Waals surface area contributed by atoms with Crippen LogP contribution in [0.15, 0.2) is 0 Å². The summed E-state index contributed by atoms with van der Waals surface area (Å²) in [5.74, 6) is -6.91. The summed E-state index contributed by atoms with van der Waals surface area (Å²) < 4.78 is 43.3. The average molecular weight is 1150 g/mol. The van der Waals surface area contributed by atoms with Crippen molar-refractivity contribution in [3.8, 4) is 0 Å². The lowest BCUT2D eigenvalue weighted by Gasteiger charge is -2.38. The van der Waals surface area contributed by atoms with E-state index < -0.39 is 147 Å². The molecular formula is C46H80N8O25. The summed E-state index contributed by atoms with van der Waals surface area (Å²) in [7, 11) is 0. The van der Waals surface area contributed by atoms with Gasteiger partial charge in [0.25, 0.3) is 0 Å². The number of hydrogen-bond donors (Lipinski definition) is 14. The van der Waals surface area contributed by atoms with Gasteiger partial charge in [0.05, 0.1) is 111 Å². The number of rotatable bonds is 42. The van der Waals surface area contributed by atoms with Crippen molar-refractivity contribution in [1.82, 2.24) is 41.7 Å². The molecule has 0 bridgehead atoms. The number of aliphatic hydroxyl groups excluding tert-OH is 6. The number of carbonyl (C=O) groups excluding carboxylic acids is 7. The Hall–Kier alpha value is -5.37. The highest BCUT2D eigenvalue weighted by molar-refractivity contribution is 5.91. The SMILES string of the molecule is C[C@@H]1O[C@@H](OCCOCCNC(=O)CN(CC(=O)NCCOCCO[C@@H]2O[C@@H](C)[C@H](O)[C@@H](O)[C@H]2O)C(=O)CN(CC(=O)NCCOCCNC(=O)CCC(=O)O)CC(=O)NCCOCCNC(=O)CCC(=O)O)[C@H](O)[C@H](O)[C@H]1O. The van der Waals surface area contributed by atoms with Gasteiger partial charge in [-0.15, -0.1) is 0 Å². The quantitative estimate of drug-likeness (QED) is 0.0252. The Balaban J connectivity index is 2.04. The monoisotopic (exact) mass is 1140 g/mol. The van der Waals surface area contributed by atoms with Gasteiger partial charge in [-0.1, -0.05) is 0 Å². The molecule has 79 heavy (non-hydrogen) atoms. The van der Waals surface area contributed by atoms with Crippen LogP contribution in [0.4, 0.5) is 0 Å². The highest BCUT2D eigenvalue weighted by Gasteiger charge is 2.43. The summed E-state index contributed by atoms with van der Waals surface area (Å²) >= 11 is 0. The molecule has 7 amide bonds. The first-order valence-corrected chi connectivity index (χ1v) is 25.6. The molecule has 2 fully saturated rings. The van der Waals surface area contributed by atoms with E-state index >= 15 is 0 Å². The van der Waals surface area contributed by atoms with E-state index in [4.69, 9.17) is 48.1 Å². The number of hydrogen-bond acceptors (Lipinski definition) is 24. The van der Waals surface area contributed by atoms with Gasteiger partial charge < -0.3 is 116 Å². The molecule has 2 saturated heterocycles. The lowest BCUT2D eigenvalue weighted by atomic mass is 10.0. The van der Waals surface area contributed by atoms with Crippen LogP contribution < -0.4 is 31.9 Å². The van der Waals surface area contributed by atoms with Crippen molar-refractivity contribution >= 4 is 53.3 Å². The fourth-order valence-corrected chi connectivity index (χ4v) is 7.02. The zero-order chi connectivity index (χ0) is 58.7. The zero-order valence-electron chi connectivity index (χ0n) is 44.4. The number of amides is 7. The van der Waals surface area contributed by atoms with Crippen molar-refractivity contribution in [2.24, 2.45) is 0 Å². The van der Waals surface area contributed by atoms with Gasteiger partial charge in [0.15, 0.2) is 12.6 Å². The van der Waals surface area contributed by atoms with Crippen molar-refractivity contribution in [1.29, 1.82) is 0 Å². The molecule has 0 unspecified atom stereocenters. The van der Waals surface area contributed by atoms with Gasteiger partial charge in [0.2, 0.25) is 41.4 Å². The standard InChI is InChI=1S/C46H80N8O25/c1-28-39(66)41(68)43(70)45(78-28)76-21-19-74-17-11-51-34(59)25-54(26-35(60)52-12-18-75-20-22-77-46-44(71)42(69)40(67)29(2)79-46)36(61)27-53(23-32(57)49-9-15-72-13-7-47-30(55)3-5-37(62)63)24-33(58)50-10-16-73-14-8-48-31(56)4-6-38(64)65/h28-29,39-46,66-71H,3-27H2,1-2H3,(H,47,55)(H,48,56)(H,49,57)(H,50,58)(H,51,59)(H,52,60)(H,62,63)(H,64,65)/t28-,29-,39-,40-,41+,42+,43+,44+,45+,46+/m0/s1. The van der Waals surface area contributed by atoms with E-state index in [0.29, 0.717) is 0 Å². The van der Waals surface area contributed by atoms with Crippen LogP contribution >= 0.6 is 0 Å². The Labute approximate surface area is 455 Å². The van der Waals surface area contributed by atoms with E-state index in [-0.39, 0.29) is 131 Å². The minimum atomic E-state index is -1.52. The topological polar surface area (TPSA) is 468 Å². The van der Waals surface area contributed by atoms with E-state index in [1.54, 1.807) is 0 Å². The second-order valence-corrected chi connectivity index (χ2v) is 17.8. The first-order chi connectivity index (χ1) is 37.6. The highest BCUT2D eigenvalue weighted by atomic mass is 16.7. The van der Waals surface area contributed by atoms with Crippen LogP contribution in [0.3, 0.4) is 0 Å². The molecule has 2 heterocycles. The van der Waals surface area contributed by atoms with Crippen molar-refractivity contribution in [2.75, 3.05) is 138 Å². The minimum absolute atomic E-state index is 0.0246. The maximum Gasteiger partial charge on any atom is 0.303 e. The number of carboxylic acid groups (broad SMARTS) is 2. The summed E-state index contributed by atoms with van der Waals surface area (Å²) in [6, 6.07) is 0. The molecule has 0 saturated carbocycles. The van der Waals surface area contributed by atoms with Crippen LogP contribution in [-0.4, -0.2) is 303 Å². The summed E-state index contributed by atoms with van der Waals surface area (Å²) in [5.41, 5.74) is 0. The predicted octanol–water partition coefficient (Wildman–Crippen LogP) is -8.70. The number of ether oxygens (including phenoxy) is 8. The van der Waals surface area contributed by atoms with E-state index in [1.165, 1.54) is 13.8 Å². The molecule has 14 N–H and O–H groups in total. The Morgan fingerprint density at radius 3 is 1.01 bits per heavy atom. The fraction of sp³-hybridized carbons (Fsp3) is 0.804. The average Bonchev–Trinajstić information content (AvgIpc) is 3.39. The van der Waals surface area contributed by atoms with E-state index in [0.717, 1.165) is 9.80 Å². The third-order valence-electron chi connectivity index (χ3n) is 11.3. The van der Waals surface area contributed by atoms with Crippen LogP contribution in [0.5, 0.6) is 0 Å². The lowest BCUT2D eigenvalue weighted by Crippen LogP contribution is -2.57. The summed E-state index contributed by atoms with van der Waals surface area (Å²) in [6.45, 7) is -0.727. The number of carbonyl (C=O) groups is 9. The Kier molecular flexibility index (Phi) is 35.2. The van der Waals surface area contributed by atoms with Crippen LogP contribution in [0, 0.1) is 0 Å². The van der Waals surface area contributed by atoms with Crippen molar-refractivity contribution in [2.45, 2.75) is 101 Å². The van der Waals surface area contributed by atoms with E-state index in [9.17, 15) is 73.8 Å². The first-order valence-electron chi connectivity index (χ1n) is 25.6. The van der Waals surface area contributed by atoms with E-state index in [2.05, 4.69) is 31.9 Å². The zero-order valence-corrected chi connectivity index (χ0v) is 44.4. The fourth-order valence-electron chi connectivity index (χ4n) is 7.02. The van der Waals surface area contributed by atoms with E-state index in [1.807, 2.05) is 0 Å². The molecule has 454 valence electrons. The molecule has 0 aromatic carbocycles. The van der Waals surface area contributed by atoms with Crippen LogP contribution in [0.1, 0.15) is 39.5 Å². The molecule has 2 rings (SSSR count). The molecule has 0 radical (unpaired) electrons. The largest absolute Gasteiger partial charge is 0.481 e. The molecule has 33 heteroatoms. The van der Waals surface area contributed by atoms with Gasteiger partial charge in [-0.05, 0) is 13.8 Å². The van der Waals surface area contributed by atoms with Gasteiger partial charge in [-0.3, -0.25) is 48.1 Å². The molecule has 0 aromatic heterocycles. The molecule has 0 spiro atoms. The molecule has 0 aromatic rings.